The van der Waals surface area contributed by atoms with Crippen molar-refractivity contribution in [1.82, 2.24) is 0 Å². The van der Waals surface area contributed by atoms with Crippen LogP contribution in [0, 0.1) is 17.8 Å². The molecule has 0 aliphatic rings. The molecule has 2 heteroatoms. The van der Waals surface area contributed by atoms with Gasteiger partial charge in [0.2, 0.25) is 0 Å². The summed E-state index contributed by atoms with van der Waals surface area (Å²) >= 11 is 0. The molecule has 0 aliphatic carbocycles. The third-order valence-corrected chi connectivity index (χ3v) is 5.77. The van der Waals surface area contributed by atoms with Crippen LogP contribution in [0.5, 0.6) is 5.75 Å². The van der Waals surface area contributed by atoms with Crippen molar-refractivity contribution >= 4 is 5.78 Å². The van der Waals surface area contributed by atoms with E-state index in [4.69, 9.17) is 4.74 Å². The Labute approximate surface area is 177 Å². The van der Waals surface area contributed by atoms with Crippen LogP contribution in [0.3, 0.4) is 0 Å². The van der Waals surface area contributed by atoms with Crippen LogP contribution < -0.4 is 4.74 Å². The molecule has 0 heterocycles. The number of ketones is 1. The van der Waals surface area contributed by atoms with Crippen molar-refractivity contribution in [2.24, 2.45) is 17.8 Å². The molecule has 0 bridgehead atoms. The van der Waals surface area contributed by atoms with E-state index < -0.39 is 0 Å². The molecule has 0 fully saturated rings. The lowest BCUT2D eigenvalue weighted by Crippen LogP contribution is -2.14. The normalized spacial score (nSPS) is 14.2. The molecular weight excluding hydrogens is 356 g/mol. The SMILES string of the molecule is CCCCC(CC)CC(C)CC(C)COc1ccc(C(=O)c2ccccc2)cc1. The van der Waals surface area contributed by atoms with Gasteiger partial charge in [0.25, 0.3) is 0 Å². The minimum Gasteiger partial charge on any atom is -0.493 e. The van der Waals surface area contributed by atoms with Crippen LogP contribution in [0.15, 0.2) is 54.6 Å². The Morgan fingerprint density at radius 1 is 0.862 bits per heavy atom. The van der Waals surface area contributed by atoms with Crippen LogP contribution in [0.25, 0.3) is 0 Å². The number of hydrogen-bond donors (Lipinski definition) is 0. The molecule has 0 spiro atoms. The fourth-order valence-corrected chi connectivity index (χ4v) is 4.10. The Morgan fingerprint density at radius 3 is 2.14 bits per heavy atom. The van der Waals surface area contributed by atoms with Crippen LogP contribution in [0.1, 0.15) is 82.1 Å². The predicted octanol–water partition coefficient (Wildman–Crippen LogP) is 7.57. The Bertz CT molecular complexity index is 705. The van der Waals surface area contributed by atoms with Crippen molar-refractivity contribution in [1.29, 1.82) is 0 Å². The summed E-state index contributed by atoms with van der Waals surface area (Å²) in [4.78, 5) is 12.5. The van der Waals surface area contributed by atoms with Gasteiger partial charge in [0.15, 0.2) is 5.78 Å². The van der Waals surface area contributed by atoms with Crippen molar-refractivity contribution < 1.29 is 9.53 Å². The molecule has 158 valence electrons. The summed E-state index contributed by atoms with van der Waals surface area (Å²) in [7, 11) is 0. The largest absolute Gasteiger partial charge is 0.493 e. The summed E-state index contributed by atoms with van der Waals surface area (Å²) < 4.78 is 5.99. The fraction of sp³-hybridized carbons (Fsp3) is 0.519. The quantitative estimate of drug-likeness (QED) is 0.328. The van der Waals surface area contributed by atoms with Gasteiger partial charge >= 0.3 is 0 Å². The molecule has 2 aromatic carbocycles. The maximum absolute atomic E-state index is 12.5. The lowest BCUT2D eigenvalue weighted by molar-refractivity contribution is 0.103. The first-order valence-electron chi connectivity index (χ1n) is 11.4. The fourth-order valence-electron chi connectivity index (χ4n) is 4.10. The van der Waals surface area contributed by atoms with Crippen molar-refractivity contribution in [2.45, 2.75) is 66.2 Å². The van der Waals surface area contributed by atoms with E-state index in [9.17, 15) is 4.79 Å². The number of rotatable bonds is 13. The first kappa shape index (κ1) is 23.2. The first-order chi connectivity index (χ1) is 14.0. The third kappa shape index (κ3) is 8.04. The average Bonchev–Trinajstić information content (AvgIpc) is 2.75. The molecule has 2 rings (SSSR count). The van der Waals surface area contributed by atoms with Gasteiger partial charge in [0.1, 0.15) is 5.75 Å². The Morgan fingerprint density at radius 2 is 1.52 bits per heavy atom. The van der Waals surface area contributed by atoms with Crippen LogP contribution in [0.4, 0.5) is 0 Å². The second-order valence-corrected chi connectivity index (χ2v) is 8.63. The first-order valence-corrected chi connectivity index (χ1v) is 11.4. The number of carbonyl (C=O) groups is 1. The van der Waals surface area contributed by atoms with E-state index in [0.29, 0.717) is 17.0 Å². The molecule has 2 aromatic rings. The van der Waals surface area contributed by atoms with E-state index in [1.165, 1.54) is 38.5 Å². The van der Waals surface area contributed by atoms with Gasteiger partial charge in [-0.3, -0.25) is 4.79 Å². The van der Waals surface area contributed by atoms with Gasteiger partial charge in [-0.15, -0.1) is 0 Å². The molecule has 0 amide bonds. The summed E-state index contributed by atoms with van der Waals surface area (Å²) in [6.07, 6.45) is 7.85. The topological polar surface area (TPSA) is 26.3 Å². The van der Waals surface area contributed by atoms with E-state index in [2.05, 4.69) is 27.7 Å². The zero-order valence-corrected chi connectivity index (χ0v) is 18.7. The van der Waals surface area contributed by atoms with Gasteiger partial charge in [0, 0.05) is 11.1 Å². The highest BCUT2D eigenvalue weighted by atomic mass is 16.5. The highest BCUT2D eigenvalue weighted by molar-refractivity contribution is 6.08. The summed E-state index contributed by atoms with van der Waals surface area (Å²) in [5, 5.41) is 0. The summed E-state index contributed by atoms with van der Waals surface area (Å²) in [6.45, 7) is 9.99. The molecular formula is C27H38O2. The van der Waals surface area contributed by atoms with Gasteiger partial charge in [-0.1, -0.05) is 83.7 Å². The van der Waals surface area contributed by atoms with Crippen molar-refractivity contribution in [3.8, 4) is 5.75 Å². The number of hydrogen-bond acceptors (Lipinski definition) is 2. The third-order valence-electron chi connectivity index (χ3n) is 5.77. The molecule has 0 saturated carbocycles. The minimum atomic E-state index is 0.0490. The van der Waals surface area contributed by atoms with E-state index >= 15 is 0 Å². The van der Waals surface area contributed by atoms with Crippen molar-refractivity contribution in [3.63, 3.8) is 0 Å². The van der Waals surface area contributed by atoms with Crippen LogP contribution >= 0.6 is 0 Å². The molecule has 0 N–H and O–H groups in total. The van der Waals surface area contributed by atoms with Crippen LogP contribution in [0.2, 0.25) is 0 Å². The number of ether oxygens (including phenoxy) is 1. The molecule has 3 atom stereocenters. The van der Waals surface area contributed by atoms with Gasteiger partial charge < -0.3 is 4.74 Å². The molecule has 0 saturated heterocycles. The van der Waals surface area contributed by atoms with Gasteiger partial charge in [-0.05, 0) is 54.9 Å². The molecule has 29 heavy (non-hydrogen) atoms. The van der Waals surface area contributed by atoms with Crippen molar-refractivity contribution in [2.75, 3.05) is 6.61 Å². The Kier molecular flexibility index (Phi) is 9.97. The molecule has 0 radical (unpaired) electrons. The Balaban J connectivity index is 1.78. The molecule has 0 aromatic heterocycles. The second-order valence-electron chi connectivity index (χ2n) is 8.63. The van der Waals surface area contributed by atoms with E-state index in [0.717, 1.165) is 24.2 Å². The van der Waals surface area contributed by atoms with E-state index in [1.807, 2.05) is 54.6 Å². The minimum absolute atomic E-state index is 0.0490. The maximum atomic E-state index is 12.5. The summed E-state index contributed by atoms with van der Waals surface area (Å²) in [5.41, 5.74) is 1.41. The smallest absolute Gasteiger partial charge is 0.193 e. The predicted molar refractivity (Wildman–Crippen MR) is 123 cm³/mol. The van der Waals surface area contributed by atoms with Crippen LogP contribution in [-0.4, -0.2) is 12.4 Å². The highest BCUT2D eigenvalue weighted by Crippen LogP contribution is 2.26. The number of unbranched alkanes of at least 4 members (excludes halogenated alkanes) is 1. The molecule has 3 unspecified atom stereocenters. The van der Waals surface area contributed by atoms with Crippen molar-refractivity contribution in [3.05, 3.63) is 65.7 Å². The van der Waals surface area contributed by atoms with E-state index in [1.54, 1.807) is 0 Å². The van der Waals surface area contributed by atoms with Crippen LogP contribution in [-0.2, 0) is 0 Å². The summed E-state index contributed by atoms with van der Waals surface area (Å²) in [6, 6.07) is 16.9. The highest BCUT2D eigenvalue weighted by Gasteiger charge is 2.15. The summed E-state index contributed by atoms with van der Waals surface area (Å²) in [5.74, 6) is 3.02. The lowest BCUT2D eigenvalue weighted by Gasteiger charge is -2.22. The molecule has 0 aliphatic heterocycles. The van der Waals surface area contributed by atoms with Gasteiger partial charge in [-0.2, -0.15) is 0 Å². The molecule has 2 nitrogen and oxygen atoms in total. The average molecular weight is 395 g/mol. The standard InChI is InChI=1S/C27H38O2/c1-5-7-11-23(6-2)19-21(3)18-22(4)20-29-26-16-14-25(15-17-26)27(28)24-12-9-8-10-13-24/h8-10,12-17,21-23H,5-7,11,18-20H2,1-4H3. The Hall–Kier alpha value is -2.09. The monoisotopic (exact) mass is 394 g/mol. The number of benzene rings is 2. The maximum Gasteiger partial charge on any atom is 0.193 e. The zero-order chi connectivity index (χ0) is 21.1. The lowest BCUT2D eigenvalue weighted by atomic mass is 9.85. The zero-order valence-electron chi connectivity index (χ0n) is 18.7. The van der Waals surface area contributed by atoms with E-state index in [-0.39, 0.29) is 5.78 Å². The van der Waals surface area contributed by atoms with Gasteiger partial charge in [-0.25, -0.2) is 0 Å². The number of carbonyl (C=O) groups excluding carboxylic acids is 1. The second kappa shape index (κ2) is 12.5. The van der Waals surface area contributed by atoms with Gasteiger partial charge in [0.05, 0.1) is 6.61 Å².